The number of hydrogen-bond acceptors (Lipinski definition) is 4. The number of amides is 1. The van der Waals surface area contributed by atoms with E-state index in [1.165, 1.54) is 5.39 Å². The summed E-state index contributed by atoms with van der Waals surface area (Å²) in [4.78, 5) is 18.9. The Bertz CT molecular complexity index is 895. The minimum atomic E-state index is 0.137. The van der Waals surface area contributed by atoms with Crippen molar-refractivity contribution in [2.75, 3.05) is 13.1 Å². The van der Waals surface area contributed by atoms with E-state index in [4.69, 9.17) is 4.52 Å². The topological polar surface area (TPSA) is 64.2 Å². The van der Waals surface area contributed by atoms with Crippen molar-refractivity contribution in [2.24, 2.45) is 0 Å². The molecule has 0 bridgehead atoms. The fourth-order valence-corrected chi connectivity index (χ4v) is 3.46. The molecule has 1 saturated heterocycles. The number of aromatic nitrogens is 3. The Hall–Kier alpha value is -2.63. The second-order valence-corrected chi connectivity index (χ2v) is 6.44. The molecule has 1 atom stereocenters. The van der Waals surface area contributed by atoms with E-state index in [9.17, 15) is 4.79 Å². The molecular formula is C18H20N4O2. The number of carbonyl (C=O) groups excluding carboxylic acids is 1. The van der Waals surface area contributed by atoms with Gasteiger partial charge in [-0.15, -0.1) is 0 Å². The average Bonchev–Trinajstić information content (AvgIpc) is 3.27. The van der Waals surface area contributed by atoms with Crippen molar-refractivity contribution in [3.63, 3.8) is 0 Å². The monoisotopic (exact) mass is 324 g/mol. The van der Waals surface area contributed by atoms with Crippen LogP contribution in [0.1, 0.15) is 29.7 Å². The summed E-state index contributed by atoms with van der Waals surface area (Å²) in [5.74, 6) is 1.57. The van der Waals surface area contributed by atoms with Gasteiger partial charge >= 0.3 is 0 Å². The van der Waals surface area contributed by atoms with Crippen LogP contribution < -0.4 is 0 Å². The van der Waals surface area contributed by atoms with Gasteiger partial charge in [0.25, 0.3) is 0 Å². The molecule has 3 aromatic rings. The Labute approximate surface area is 140 Å². The molecule has 1 fully saturated rings. The van der Waals surface area contributed by atoms with Gasteiger partial charge in [-0.05, 0) is 37.8 Å². The number of nitrogens with zero attached hydrogens (tertiary/aromatic N) is 4. The van der Waals surface area contributed by atoms with E-state index in [1.807, 2.05) is 30.9 Å². The molecule has 0 aliphatic carbocycles. The smallest absolute Gasteiger partial charge is 0.242 e. The Morgan fingerprint density at radius 3 is 2.96 bits per heavy atom. The minimum absolute atomic E-state index is 0.137. The van der Waals surface area contributed by atoms with Gasteiger partial charge in [-0.3, -0.25) is 4.79 Å². The largest absolute Gasteiger partial charge is 0.340 e. The molecule has 0 radical (unpaired) electrons. The first-order chi connectivity index (χ1) is 11.6. The summed E-state index contributed by atoms with van der Waals surface area (Å²) in [5.41, 5.74) is 2.21. The maximum absolute atomic E-state index is 12.7. The van der Waals surface area contributed by atoms with E-state index in [1.54, 1.807) is 0 Å². The fourth-order valence-electron chi connectivity index (χ4n) is 3.46. The van der Waals surface area contributed by atoms with Gasteiger partial charge in [0.05, 0.1) is 5.92 Å². The first-order valence-electron chi connectivity index (χ1n) is 8.24. The first-order valence-corrected chi connectivity index (χ1v) is 8.24. The highest BCUT2D eigenvalue weighted by Crippen LogP contribution is 2.26. The van der Waals surface area contributed by atoms with E-state index in [0.717, 1.165) is 24.2 Å². The predicted molar refractivity (Wildman–Crippen MR) is 89.6 cm³/mol. The van der Waals surface area contributed by atoms with E-state index in [0.29, 0.717) is 24.8 Å². The second kappa shape index (κ2) is 5.78. The Morgan fingerprint density at radius 2 is 2.17 bits per heavy atom. The zero-order valence-electron chi connectivity index (χ0n) is 13.9. The summed E-state index contributed by atoms with van der Waals surface area (Å²) < 4.78 is 7.34. The molecule has 6 nitrogen and oxygen atoms in total. The summed E-state index contributed by atoms with van der Waals surface area (Å²) >= 11 is 0. The normalized spacial score (nSPS) is 17.8. The summed E-state index contributed by atoms with van der Waals surface area (Å²) in [6, 6.07) is 10.3. The van der Waals surface area contributed by atoms with Crippen molar-refractivity contribution < 1.29 is 9.32 Å². The predicted octanol–water partition coefficient (Wildman–Crippen LogP) is 2.66. The number of hydrogen-bond donors (Lipinski definition) is 0. The highest BCUT2D eigenvalue weighted by Gasteiger charge is 2.31. The lowest BCUT2D eigenvalue weighted by Gasteiger charge is -2.17. The molecule has 6 heteroatoms. The van der Waals surface area contributed by atoms with Crippen molar-refractivity contribution in [1.82, 2.24) is 19.6 Å². The van der Waals surface area contributed by atoms with Gasteiger partial charge in [-0.25, -0.2) is 0 Å². The highest BCUT2D eigenvalue weighted by atomic mass is 16.5. The van der Waals surface area contributed by atoms with Crippen LogP contribution in [0.3, 0.4) is 0 Å². The molecule has 1 aliphatic rings. The Morgan fingerprint density at radius 1 is 1.33 bits per heavy atom. The average molecular weight is 324 g/mol. The van der Waals surface area contributed by atoms with Gasteiger partial charge in [-0.1, -0.05) is 23.4 Å². The minimum Gasteiger partial charge on any atom is -0.340 e. The maximum atomic E-state index is 12.7. The SMILES string of the molecule is Cc1noc([C@H]2CCN(C(=O)Cn3c(C)cc4ccccc43)C2)n1. The van der Waals surface area contributed by atoms with Crippen LogP contribution in [0.2, 0.25) is 0 Å². The Kier molecular flexibility index (Phi) is 3.59. The molecule has 2 aromatic heterocycles. The van der Waals surface area contributed by atoms with Gasteiger partial charge in [-0.2, -0.15) is 4.98 Å². The van der Waals surface area contributed by atoms with Crippen molar-refractivity contribution in [2.45, 2.75) is 32.7 Å². The molecule has 0 N–H and O–H groups in total. The lowest BCUT2D eigenvalue weighted by molar-refractivity contribution is -0.130. The van der Waals surface area contributed by atoms with Gasteiger partial charge in [0, 0.05) is 24.3 Å². The van der Waals surface area contributed by atoms with Crippen LogP contribution in [0, 0.1) is 13.8 Å². The summed E-state index contributed by atoms with van der Waals surface area (Å²) in [5, 5.41) is 5.01. The summed E-state index contributed by atoms with van der Waals surface area (Å²) in [6.07, 6.45) is 0.874. The van der Waals surface area contributed by atoms with Crippen LogP contribution in [0.5, 0.6) is 0 Å². The summed E-state index contributed by atoms with van der Waals surface area (Å²) in [6.45, 7) is 5.61. The van der Waals surface area contributed by atoms with Gasteiger partial charge in [0.1, 0.15) is 6.54 Å². The van der Waals surface area contributed by atoms with Crippen LogP contribution in [0.25, 0.3) is 10.9 Å². The maximum Gasteiger partial charge on any atom is 0.242 e. The van der Waals surface area contributed by atoms with Crippen molar-refractivity contribution in [3.8, 4) is 0 Å². The molecule has 4 rings (SSSR count). The number of para-hydroxylation sites is 1. The molecule has 3 heterocycles. The fraction of sp³-hybridized carbons (Fsp3) is 0.389. The van der Waals surface area contributed by atoms with Crippen LogP contribution in [-0.4, -0.2) is 38.6 Å². The number of aryl methyl sites for hydroxylation is 2. The quantitative estimate of drug-likeness (QED) is 0.743. The van der Waals surface area contributed by atoms with Crippen molar-refractivity contribution in [3.05, 3.63) is 47.7 Å². The van der Waals surface area contributed by atoms with E-state index in [2.05, 4.69) is 32.9 Å². The molecule has 124 valence electrons. The third-order valence-corrected chi connectivity index (χ3v) is 4.74. The molecule has 0 spiro atoms. The van der Waals surface area contributed by atoms with Crippen LogP contribution in [0.15, 0.2) is 34.9 Å². The van der Waals surface area contributed by atoms with E-state index < -0.39 is 0 Å². The van der Waals surface area contributed by atoms with Crippen LogP contribution in [-0.2, 0) is 11.3 Å². The third-order valence-electron chi connectivity index (χ3n) is 4.74. The second-order valence-electron chi connectivity index (χ2n) is 6.44. The summed E-state index contributed by atoms with van der Waals surface area (Å²) in [7, 11) is 0. The van der Waals surface area contributed by atoms with E-state index in [-0.39, 0.29) is 11.8 Å². The molecule has 1 aromatic carbocycles. The van der Waals surface area contributed by atoms with Gasteiger partial charge in [0.2, 0.25) is 11.8 Å². The molecule has 1 amide bonds. The standard InChI is InChI=1S/C18H20N4O2/c1-12-9-14-5-3-4-6-16(14)22(12)11-17(23)21-8-7-15(10-21)18-19-13(2)20-24-18/h3-6,9,15H,7-8,10-11H2,1-2H3/t15-/m0/s1. The zero-order valence-corrected chi connectivity index (χ0v) is 13.9. The molecule has 0 saturated carbocycles. The van der Waals surface area contributed by atoms with E-state index >= 15 is 0 Å². The van der Waals surface area contributed by atoms with Crippen LogP contribution >= 0.6 is 0 Å². The first kappa shape index (κ1) is 14.9. The van der Waals surface area contributed by atoms with Crippen LogP contribution in [0.4, 0.5) is 0 Å². The molecule has 1 aliphatic heterocycles. The third kappa shape index (κ3) is 2.58. The lowest BCUT2D eigenvalue weighted by Crippen LogP contribution is -2.32. The molecular weight excluding hydrogens is 304 g/mol. The van der Waals surface area contributed by atoms with Gasteiger partial charge < -0.3 is 14.0 Å². The number of carbonyl (C=O) groups is 1. The number of likely N-dealkylation sites (tertiary alicyclic amines) is 1. The van der Waals surface area contributed by atoms with Crippen molar-refractivity contribution in [1.29, 1.82) is 0 Å². The zero-order chi connectivity index (χ0) is 16.7. The molecule has 0 unspecified atom stereocenters. The lowest BCUT2D eigenvalue weighted by atomic mass is 10.1. The Balaban J connectivity index is 1.49. The van der Waals surface area contributed by atoms with Crippen molar-refractivity contribution >= 4 is 16.8 Å². The number of rotatable bonds is 3. The number of fused-ring (bicyclic) bond motifs is 1. The van der Waals surface area contributed by atoms with Gasteiger partial charge in [0.15, 0.2) is 5.82 Å². The highest BCUT2D eigenvalue weighted by molar-refractivity contribution is 5.84. The molecule has 24 heavy (non-hydrogen) atoms. The number of benzene rings is 1.